The molecule has 0 spiro atoms. The minimum atomic E-state index is -0.316. The van der Waals surface area contributed by atoms with E-state index in [1.54, 1.807) is 19.1 Å². The van der Waals surface area contributed by atoms with Crippen molar-refractivity contribution in [2.45, 2.75) is 6.92 Å². The smallest absolute Gasteiger partial charge is 0.338 e. The summed E-state index contributed by atoms with van der Waals surface area (Å²) < 4.78 is 7.97. The zero-order valence-corrected chi connectivity index (χ0v) is 13.6. The summed E-state index contributed by atoms with van der Waals surface area (Å²) >= 11 is 2.28. The van der Waals surface area contributed by atoms with E-state index in [2.05, 4.69) is 27.7 Å². The second-order valence-corrected chi connectivity index (χ2v) is 5.68. The number of hydrogen-bond acceptors (Lipinski definition) is 3. The van der Waals surface area contributed by atoms with E-state index < -0.39 is 0 Å². The molecule has 0 saturated carbocycles. The Kier molecular flexibility index (Phi) is 3.92. The van der Waals surface area contributed by atoms with Gasteiger partial charge in [-0.2, -0.15) is 5.10 Å². The molecule has 4 nitrogen and oxygen atoms in total. The SMILES string of the molecule is CCOC(=O)c1ccc2cn(-c3ccccc3I)nc2c1. The number of halogens is 1. The molecule has 0 aliphatic heterocycles. The zero-order valence-electron chi connectivity index (χ0n) is 11.4. The van der Waals surface area contributed by atoms with Crippen LogP contribution in [0, 0.1) is 3.57 Å². The molecule has 1 aromatic heterocycles. The first-order valence-electron chi connectivity index (χ1n) is 6.60. The van der Waals surface area contributed by atoms with E-state index in [0.29, 0.717) is 12.2 Å². The number of para-hydroxylation sites is 1. The minimum Gasteiger partial charge on any atom is -0.462 e. The number of carbonyl (C=O) groups excluding carboxylic acids is 1. The molecule has 3 aromatic rings. The Morgan fingerprint density at radius 1 is 1.29 bits per heavy atom. The topological polar surface area (TPSA) is 44.1 Å². The van der Waals surface area contributed by atoms with E-state index in [9.17, 15) is 4.79 Å². The predicted molar refractivity (Wildman–Crippen MR) is 89.7 cm³/mol. The van der Waals surface area contributed by atoms with Crippen molar-refractivity contribution in [2.24, 2.45) is 0 Å². The maximum absolute atomic E-state index is 11.8. The van der Waals surface area contributed by atoms with Gasteiger partial charge in [-0.3, -0.25) is 0 Å². The van der Waals surface area contributed by atoms with Gasteiger partial charge in [0.25, 0.3) is 0 Å². The lowest BCUT2D eigenvalue weighted by atomic mass is 10.2. The van der Waals surface area contributed by atoms with Crippen LogP contribution in [0.25, 0.3) is 16.6 Å². The summed E-state index contributed by atoms with van der Waals surface area (Å²) in [5.41, 5.74) is 2.32. The predicted octanol–water partition coefficient (Wildman–Crippen LogP) is 3.81. The highest BCUT2D eigenvalue weighted by atomic mass is 127. The highest BCUT2D eigenvalue weighted by Crippen LogP contribution is 2.21. The van der Waals surface area contributed by atoms with Crippen molar-refractivity contribution in [2.75, 3.05) is 6.61 Å². The van der Waals surface area contributed by atoms with Gasteiger partial charge in [0.05, 0.1) is 23.4 Å². The van der Waals surface area contributed by atoms with Crippen molar-refractivity contribution in [3.63, 3.8) is 0 Å². The average molecular weight is 392 g/mol. The van der Waals surface area contributed by atoms with Crippen LogP contribution in [-0.2, 0) is 4.74 Å². The van der Waals surface area contributed by atoms with Crippen molar-refractivity contribution >= 4 is 39.5 Å². The third-order valence-electron chi connectivity index (χ3n) is 3.12. The molecule has 0 N–H and O–H groups in total. The maximum atomic E-state index is 11.8. The lowest BCUT2D eigenvalue weighted by molar-refractivity contribution is 0.0526. The molecule has 0 fully saturated rings. The maximum Gasteiger partial charge on any atom is 0.338 e. The fraction of sp³-hybridized carbons (Fsp3) is 0.125. The van der Waals surface area contributed by atoms with Gasteiger partial charge >= 0.3 is 5.97 Å². The Bertz CT molecular complexity index is 811. The fourth-order valence-corrected chi connectivity index (χ4v) is 2.75. The molecule has 0 unspecified atom stereocenters. The molecule has 0 saturated heterocycles. The monoisotopic (exact) mass is 392 g/mol. The summed E-state index contributed by atoms with van der Waals surface area (Å²) in [4.78, 5) is 11.8. The third-order valence-corrected chi connectivity index (χ3v) is 4.03. The largest absolute Gasteiger partial charge is 0.462 e. The van der Waals surface area contributed by atoms with Gasteiger partial charge in [0.15, 0.2) is 0 Å². The first-order chi connectivity index (χ1) is 10.2. The molecule has 106 valence electrons. The molecule has 0 bridgehead atoms. The van der Waals surface area contributed by atoms with Crippen LogP contribution in [-0.4, -0.2) is 22.4 Å². The number of esters is 1. The Balaban J connectivity index is 2.05. The van der Waals surface area contributed by atoms with Gasteiger partial charge < -0.3 is 4.74 Å². The summed E-state index contributed by atoms with van der Waals surface area (Å²) in [6.07, 6.45) is 1.96. The Hall–Kier alpha value is -1.89. The van der Waals surface area contributed by atoms with Crippen molar-refractivity contribution in [3.8, 4) is 5.69 Å². The molecular formula is C16H13IN2O2. The molecule has 0 atom stereocenters. The molecule has 0 aliphatic rings. The number of carbonyl (C=O) groups is 1. The summed E-state index contributed by atoms with van der Waals surface area (Å²) in [5.74, 6) is -0.316. The summed E-state index contributed by atoms with van der Waals surface area (Å²) in [7, 11) is 0. The second-order valence-electron chi connectivity index (χ2n) is 4.52. The lowest BCUT2D eigenvalue weighted by Gasteiger charge is -2.02. The molecule has 1 heterocycles. The second kappa shape index (κ2) is 5.85. The van der Waals surface area contributed by atoms with Gasteiger partial charge in [-0.1, -0.05) is 18.2 Å². The van der Waals surface area contributed by atoms with Crippen LogP contribution in [0.3, 0.4) is 0 Å². The Labute approximate surface area is 135 Å². The molecule has 0 aliphatic carbocycles. The first-order valence-corrected chi connectivity index (χ1v) is 7.68. The van der Waals surface area contributed by atoms with Gasteiger partial charge in [-0.15, -0.1) is 0 Å². The van der Waals surface area contributed by atoms with E-state index >= 15 is 0 Å². The van der Waals surface area contributed by atoms with E-state index in [0.717, 1.165) is 20.2 Å². The molecule has 21 heavy (non-hydrogen) atoms. The number of benzene rings is 2. The summed E-state index contributed by atoms with van der Waals surface area (Å²) in [6, 6.07) is 13.4. The van der Waals surface area contributed by atoms with E-state index in [1.165, 1.54) is 0 Å². The van der Waals surface area contributed by atoms with Gasteiger partial charge in [0.2, 0.25) is 0 Å². The number of ether oxygens (including phenoxy) is 1. The van der Waals surface area contributed by atoms with Crippen LogP contribution in [0.5, 0.6) is 0 Å². The highest BCUT2D eigenvalue weighted by Gasteiger charge is 2.10. The molecule has 0 radical (unpaired) electrons. The standard InChI is InChI=1S/C16H13IN2O2/c1-2-21-16(20)11-7-8-12-10-19(18-14(12)9-11)15-6-4-3-5-13(15)17/h3-10H,2H2,1H3. The lowest BCUT2D eigenvalue weighted by Crippen LogP contribution is -2.04. The van der Waals surface area contributed by atoms with Crippen LogP contribution in [0.4, 0.5) is 0 Å². The quantitative estimate of drug-likeness (QED) is 0.503. The fourth-order valence-electron chi connectivity index (χ4n) is 2.12. The van der Waals surface area contributed by atoms with E-state index in [4.69, 9.17) is 4.74 Å². The minimum absolute atomic E-state index is 0.316. The zero-order chi connectivity index (χ0) is 14.8. The van der Waals surface area contributed by atoms with Crippen molar-refractivity contribution in [1.29, 1.82) is 0 Å². The number of aromatic nitrogens is 2. The van der Waals surface area contributed by atoms with Crippen molar-refractivity contribution in [3.05, 3.63) is 57.8 Å². The third kappa shape index (κ3) is 2.78. The molecule has 5 heteroatoms. The van der Waals surface area contributed by atoms with Crippen molar-refractivity contribution < 1.29 is 9.53 Å². The number of rotatable bonds is 3. The highest BCUT2D eigenvalue weighted by molar-refractivity contribution is 14.1. The molecule has 3 rings (SSSR count). The molecular weight excluding hydrogens is 379 g/mol. The van der Waals surface area contributed by atoms with Crippen LogP contribution in [0.2, 0.25) is 0 Å². The van der Waals surface area contributed by atoms with E-state index in [1.807, 2.05) is 41.2 Å². The van der Waals surface area contributed by atoms with Crippen LogP contribution in [0.1, 0.15) is 17.3 Å². The first kappa shape index (κ1) is 14.1. The number of fused-ring (bicyclic) bond motifs is 1. The summed E-state index contributed by atoms with van der Waals surface area (Å²) in [6.45, 7) is 2.16. The van der Waals surface area contributed by atoms with Gasteiger partial charge in [0, 0.05) is 15.2 Å². The van der Waals surface area contributed by atoms with Crippen LogP contribution in [0.15, 0.2) is 48.7 Å². The average Bonchev–Trinajstić information content (AvgIpc) is 2.90. The van der Waals surface area contributed by atoms with Crippen LogP contribution >= 0.6 is 22.6 Å². The van der Waals surface area contributed by atoms with Gasteiger partial charge in [0.1, 0.15) is 0 Å². The van der Waals surface area contributed by atoms with Crippen LogP contribution < -0.4 is 0 Å². The van der Waals surface area contributed by atoms with Gasteiger partial charge in [-0.25, -0.2) is 9.48 Å². The van der Waals surface area contributed by atoms with Crippen molar-refractivity contribution in [1.82, 2.24) is 9.78 Å². The summed E-state index contributed by atoms with van der Waals surface area (Å²) in [5, 5.41) is 5.54. The van der Waals surface area contributed by atoms with E-state index in [-0.39, 0.29) is 5.97 Å². The Morgan fingerprint density at radius 2 is 2.10 bits per heavy atom. The van der Waals surface area contributed by atoms with Gasteiger partial charge in [-0.05, 0) is 53.8 Å². The normalized spacial score (nSPS) is 10.8. The number of nitrogens with zero attached hydrogens (tertiary/aromatic N) is 2. The molecule has 2 aromatic carbocycles. The molecule has 0 amide bonds. The Morgan fingerprint density at radius 3 is 2.86 bits per heavy atom. The number of hydrogen-bond donors (Lipinski definition) is 0.